The molecule has 11 atom stereocenters. The number of amides is 8. The Labute approximate surface area is 368 Å². The van der Waals surface area contributed by atoms with Crippen LogP contribution in [0.3, 0.4) is 0 Å². The summed E-state index contributed by atoms with van der Waals surface area (Å²) < 4.78 is 14.6. The van der Waals surface area contributed by atoms with Crippen molar-refractivity contribution in [1.29, 1.82) is 0 Å². The molecule has 2 aromatic rings. The van der Waals surface area contributed by atoms with Crippen LogP contribution in [-0.2, 0) is 60.7 Å². The van der Waals surface area contributed by atoms with E-state index in [1.165, 1.54) is 25.1 Å². The number of aldehydes is 1. The number of aromatic amines is 1. The first-order valence-corrected chi connectivity index (χ1v) is 21.8. The zero-order valence-electron chi connectivity index (χ0n) is 35.2. The van der Waals surface area contributed by atoms with Gasteiger partial charge in [-0.3, -0.25) is 48.5 Å². The van der Waals surface area contributed by atoms with Crippen LogP contribution < -0.4 is 43.0 Å². The maximum atomic E-state index is 14.6. The molecule has 1 aromatic carbocycles. The van der Waals surface area contributed by atoms with Gasteiger partial charge >= 0.3 is 0 Å². The molecule has 1 aromatic heterocycles. The number of nitrogens with one attached hydrogen (secondary N) is 8. The number of primary amides is 1. The Morgan fingerprint density at radius 3 is 2.28 bits per heavy atom. The molecule has 5 rings (SSSR count). The normalized spacial score (nSPS) is 29.5. The monoisotopic (exact) mass is 918 g/mol. The molecule has 0 saturated carbocycles. The van der Waals surface area contributed by atoms with Gasteiger partial charge in [0.15, 0.2) is 18.0 Å². The van der Waals surface area contributed by atoms with Gasteiger partial charge in [-0.05, 0) is 18.1 Å². The van der Waals surface area contributed by atoms with Crippen molar-refractivity contribution in [2.45, 2.75) is 99.6 Å². The van der Waals surface area contributed by atoms with Gasteiger partial charge in [0.05, 0.1) is 49.9 Å². The number of H-pyrrole nitrogens is 1. The number of aromatic hydroxyl groups is 1. The highest BCUT2D eigenvalue weighted by Gasteiger charge is 2.53. The van der Waals surface area contributed by atoms with Gasteiger partial charge in [-0.2, -0.15) is 0 Å². The number of hydrogen-bond acceptors (Lipinski definition) is 15. The number of fused-ring (bicyclic) bond motifs is 5. The van der Waals surface area contributed by atoms with E-state index in [1.54, 1.807) is 13.8 Å². The SMILES string of the molecule is CC[C@H](C)[C@@H]1NC(=O)CNC(=O)C2Cc3c([nH]c4cc(O)ccc34)[S+]([O-])CC(NC(=O)CNC1=O)C(=O)N[C@@H](CC(N)=O)C(=O)N1C[C@H](O)C[C@]1(C=O)N[C@@H]([C@@H](C)[C@@H](O)CO)C(=O)N2. The molecule has 3 unspecified atom stereocenters. The number of rotatable bonds is 8. The number of aromatic nitrogens is 1. The molecule has 2 bridgehead atoms. The van der Waals surface area contributed by atoms with Crippen LogP contribution in [0.25, 0.3) is 10.9 Å². The number of nitrogens with two attached hydrogens (primary N) is 1. The summed E-state index contributed by atoms with van der Waals surface area (Å²) in [5, 5.41) is 59.6. The van der Waals surface area contributed by atoms with Crippen molar-refractivity contribution in [2.24, 2.45) is 17.6 Å². The molecule has 14 N–H and O–H groups in total. The highest BCUT2D eigenvalue weighted by Crippen LogP contribution is 2.32. The lowest BCUT2D eigenvalue weighted by molar-refractivity contribution is -0.147. The van der Waals surface area contributed by atoms with Gasteiger partial charge in [0.1, 0.15) is 29.6 Å². The third-order valence-electron chi connectivity index (χ3n) is 11.7. The fraction of sp³-hybridized carbons (Fsp3) is 0.564. The summed E-state index contributed by atoms with van der Waals surface area (Å²) in [6.07, 6.45) is -4.63. The summed E-state index contributed by atoms with van der Waals surface area (Å²) >= 11 is -2.38. The zero-order valence-corrected chi connectivity index (χ0v) is 36.0. The lowest BCUT2D eigenvalue weighted by Crippen LogP contribution is -2.69. The predicted molar refractivity (Wildman–Crippen MR) is 222 cm³/mol. The lowest BCUT2D eigenvalue weighted by Gasteiger charge is -2.40. The highest BCUT2D eigenvalue weighted by atomic mass is 32.2. The van der Waals surface area contributed by atoms with Crippen LogP contribution in [0, 0.1) is 11.8 Å². The summed E-state index contributed by atoms with van der Waals surface area (Å²) in [5.41, 5.74) is 3.43. The average Bonchev–Trinajstić information content (AvgIpc) is 3.78. The Kier molecular flexibility index (Phi) is 15.9. The topological polar surface area (TPSA) is 387 Å². The van der Waals surface area contributed by atoms with Gasteiger partial charge < -0.3 is 72.5 Å². The van der Waals surface area contributed by atoms with E-state index >= 15 is 0 Å². The smallest absolute Gasteiger partial charge is 0.248 e. The Bertz CT molecular complexity index is 2160. The molecule has 1 saturated heterocycles. The molecular formula is C39H54N10O14S. The molecule has 25 heteroatoms. The molecule has 8 amide bonds. The summed E-state index contributed by atoms with van der Waals surface area (Å²) in [6.45, 7) is 1.62. The Morgan fingerprint density at radius 2 is 1.64 bits per heavy atom. The van der Waals surface area contributed by atoms with E-state index in [2.05, 4.69) is 42.2 Å². The maximum Gasteiger partial charge on any atom is 0.248 e. The van der Waals surface area contributed by atoms with Crippen molar-refractivity contribution in [3.63, 3.8) is 0 Å². The minimum atomic E-state index is -2.38. The highest BCUT2D eigenvalue weighted by molar-refractivity contribution is 7.91. The summed E-state index contributed by atoms with van der Waals surface area (Å²) in [6, 6.07) is -4.54. The van der Waals surface area contributed by atoms with Crippen LogP contribution in [0.4, 0.5) is 0 Å². The first-order chi connectivity index (χ1) is 30.2. The minimum absolute atomic E-state index is 0.0856. The van der Waals surface area contributed by atoms with E-state index in [9.17, 15) is 68.1 Å². The minimum Gasteiger partial charge on any atom is -0.610 e. The van der Waals surface area contributed by atoms with E-state index < -0.39 is 170 Å². The number of hydrogen-bond donors (Lipinski definition) is 13. The lowest BCUT2D eigenvalue weighted by atomic mass is 9.92. The second-order valence-electron chi connectivity index (χ2n) is 16.2. The number of aliphatic hydroxyl groups excluding tert-OH is 3. The molecule has 1 fully saturated rings. The number of phenols is 1. The second-order valence-corrected chi connectivity index (χ2v) is 17.7. The molecule has 3 aliphatic rings. The van der Waals surface area contributed by atoms with Crippen LogP contribution in [0.15, 0.2) is 23.2 Å². The quantitative estimate of drug-likeness (QED) is 0.0866. The summed E-state index contributed by atoms with van der Waals surface area (Å²) in [5.74, 6) is -11.2. The van der Waals surface area contributed by atoms with Crippen LogP contribution in [0.5, 0.6) is 5.75 Å². The molecule has 4 heterocycles. The number of benzene rings is 1. The maximum absolute atomic E-state index is 14.6. The number of carbonyl (C=O) groups excluding carboxylic acids is 9. The third-order valence-corrected chi connectivity index (χ3v) is 13.1. The fourth-order valence-corrected chi connectivity index (χ4v) is 9.28. The van der Waals surface area contributed by atoms with Crippen LogP contribution in [-0.4, -0.2) is 168 Å². The molecular weight excluding hydrogens is 865 g/mol. The Hall–Kier alpha value is -5.86. The average molecular weight is 919 g/mol. The van der Waals surface area contributed by atoms with Gasteiger partial charge in [-0.25, -0.2) is 0 Å². The molecule has 0 radical (unpaired) electrons. The number of aliphatic hydroxyl groups is 3. The molecule has 350 valence electrons. The van der Waals surface area contributed by atoms with Gasteiger partial charge in [-0.15, -0.1) is 0 Å². The van der Waals surface area contributed by atoms with Gasteiger partial charge in [-0.1, -0.05) is 27.2 Å². The van der Waals surface area contributed by atoms with Crippen molar-refractivity contribution < 1.29 is 68.1 Å². The van der Waals surface area contributed by atoms with Crippen molar-refractivity contribution in [3.05, 3.63) is 23.8 Å². The van der Waals surface area contributed by atoms with E-state index in [0.717, 1.165) is 4.90 Å². The van der Waals surface area contributed by atoms with E-state index in [4.69, 9.17) is 5.73 Å². The standard InChI is InChI=1S/C39H54N10O14S/c1-4-17(2)31-35(60)42-11-29(56)43-26-15-64(63)37-22(21-6-5-19(52)7-23(21)46-37)8-24(33(58)41-12-30(57)47-31)44-36(61)32(18(3)27(54)14-50)48-39(16-51)10-20(53)13-49(39)38(62)25(9-28(40)55)45-34(26)59/h5-7,16-18,20,24-27,31-32,46,48,50,52-54H,4,8-15H2,1-3H3,(H2,40,55)(H,41,58)(H,42,60)(H,43,56)(H,44,61)(H,45,59)(H,47,57)/t17-,18-,20+,24?,25-,26?,27-,31-,32-,39-,64?/m0/s1. The largest absolute Gasteiger partial charge is 0.610 e. The van der Waals surface area contributed by atoms with Crippen molar-refractivity contribution in [1.82, 2.24) is 47.1 Å². The number of phenolic OH excluding ortho intramolecular Hbond substituents is 1. The molecule has 0 spiro atoms. The van der Waals surface area contributed by atoms with E-state index in [-0.39, 0.29) is 33.5 Å². The number of carbonyl (C=O) groups is 9. The van der Waals surface area contributed by atoms with Crippen LogP contribution in [0.1, 0.15) is 45.6 Å². The molecule has 3 aliphatic heterocycles. The first kappa shape index (κ1) is 49.2. The zero-order chi connectivity index (χ0) is 47.2. The van der Waals surface area contributed by atoms with E-state index in [0.29, 0.717) is 6.42 Å². The van der Waals surface area contributed by atoms with Gasteiger partial charge in [0.25, 0.3) is 0 Å². The number of nitrogens with zero attached hydrogens (tertiary/aromatic N) is 1. The van der Waals surface area contributed by atoms with Crippen molar-refractivity contribution in [2.75, 3.05) is 32.0 Å². The fourth-order valence-electron chi connectivity index (χ4n) is 7.88. The first-order valence-electron chi connectivity index (χ1n) is 20.5. The van der Waals surface area contributed by atoms with Crippen LogP contribution in [0.2, 0.25) is 0 Å². The second kappa shape index (κ2) is 20.8. The molecule has 64 heavy (non-hydrogen) atoms. The van der Waals surface area contributed by atoms with Crippen LogP contribution >= 0.6 is 0 Å². The Morgan fingerprint density at radius 1 is 0.969 bits per heavy atom. The summed E-state index contributed by atoms with van der Waals surface area (Å²) in [7, 11) is 0. The van der Waals surface area contributed by atoms with Crippen molar-refractivity contribution in [3.8, 4) is 5.75 Å². The Balaban J connectivity index is 1.77. The van der Waals surface area contributed by atoms with E-state index in [1.807, 2.05) is 0 Å². The molecule has 0 aliphatic carbocycles. The third kappa shape index (κ3) is 11.1. The van der Waals surface area contributed by atoms with Gasteiger partial charge in [0.2, 0.25) is 52.3 Å². The summed E-state index contributed by atoms with van der Waals surface area (Å²) in [4.78, 5) is 127. The predicted octanol–water partition coefficient (Wildman–Crippen LogP) is -5.92. The van der Waals surface area contributed by atoms with Gasteiger partial charge in [0, 0.05) is 53.5 Å². The molecule has 24 nitrogen and oxygen atoms in total. The van der Waals surface area contributed by atoms with Crippen molar-refractivity contribution >= 4 is 75.6 Å².